The zero-order valence-corrected chi connectivity index (χ0v) is 15.8. The van der Waals surface area contributed by atoms with Crippen molar-refractivity contribution in [2.45, 2.75) is 31.6 Å². The van der Waals surface area contributed by atoms with Gasteiger partial charge in [0.05, 0.1) is 12.4 Å². The third-order valence-corrected chi connectivity index (χ3v) is 8.13. The lowest BCUT2D eigenvalue weighted by Crippen LogP contribution is -2.47. The van der Waals surface area contributed by atoms with Gasteiger partial charge in [0.15, 0.2) is 0 Å². The number of benzene rings is 1. The Morgan fingerprint density at radius 3 is 2.68 bits per heavy atom. The monoisotopic (exact) mass is 364 g/mol. The first kappa shape index (κ1) is 17.3. The lowest BCUT2D eigenvalue weighted by molar-refractivity contribution is 0.186. The van der Waals surface area contributed by atoms with Gasteiger partial charge in [0, 0.05) is 49.8 Å². The molecule has 1 spiro atoms. The van der Waals surface area contributed by atoms with E-state index < -0.39 is 10.0 Å². The first-order valence-electron chi connectivity index (χ1n) is 9.44. The molecule has 3 aliphatic heterocycles. The summed E-state index contributed by atoms with van der Waals surface area (Å²) in [5, 5.41) is 0. The largest absolute Gasteiger partial charge is 0.381 e. The number of hydrogen-bond donors (Lipinski definition) is 0. The molecule has 2 fully saturated rings. The zero-order chi connectivity index (χ0) is 17.5. The van der Waals surface area contributed by atoms with Gasteiger partial charge in [-0.1, -0.05) is 18.2 Å². The molecule has 1 aromatic carbocycles. The minimum absolute atomic E-state index is 0.107. The zero-order valence-electron chi connectivity index (χ0n) is 15.0. The number of piperidine rings is 1. The number of hydrogen-bond acceptors (Lipinski definition) is 4. The Hall–Kier alpha value is -1.11. The molecule has 0 aromatic heterocycles. The molecule has 0 unspecified atom stereocenters. The van der Waals surface area contributed by atoms with Crippen molar-refractivity contribution < 1.29 is 13.2 Å². The second-order valence-electron chi connectivity index (χ2n) is 7.71. The summed E-state index contributed by atoms with van der Waals surface area (Å²) in [6.45, 7) is 6.84. The molecule has 3 heterocycles. The van der Waals surface area contributed by atoms with E-state index in [1.54, 1.807) is 11.2 Å². The van der Waals surface area contributed by atoms with Crippen LogP contribution in [-0.4, -0.2) is 57.9 Å². The van der Waals surface area contributed by atoms with Crippen molar-refractivity contribution in [3.63, 3.8) is 0 Å². The molecule has 5 nitrogen and oxygen atoms in total. The average molecular weight is 365 g/mol. The van der Waals surface area contributed by atoms with Crippen LogP contribution < -0.4 is 4.90 Å². The fraction of sp³-hybridized carbons (Fsp3) is 0.684. The van der Waals surface area contributed by atoms with Gasteiger partial charge < -0.3 is 9.64 Å². The summed E-state index contributed by atoms with van der Waals surface area (Å²) in [6.07, 6.45) is 2.98. The minimum atomic E-state index is -3.07. The Balaban J connectivity index is 1.55. The average Bonchev–Trinajstić information content (AvgIpc) is 3.24. The highest BCUT2D eigenvalue weighted by atomic mass is 32.2. The molecular weight excluding hydrogens is 336 g/mol. The van der Waals surface area contributed by atoms with Crippen molar-refractivity contribution >= 4 is 15.7 Å². The lowest BCUT2D eigenvalue weighted by Gasteiger charge is -2.39. The van der Waals surface area contributed by atoms with E-state index in [-0.39, 0.29) is 11.2 Å². The van der Waals surface area contributed by atoms with Gasteiger partial charge in [-0.15, -0.1) is 0 Å². The molecule has 3 aliphatic rings. The molecule has 0 radical (unpaired) electrons. The van der Waals surface area contributed by atoms with E-state index in [0.717, 1.165) is 45.6 Å². The predicted molar refractivity (Wildman–Crippen MR) is 99.5 cm³/mol. The normalized spacial score (nSPS) is 26.3. The van der Waals surface area contributed by atoms with Gasteiger partial charge in [0.25, 0.3) is 0 Å². The van der Waals surface area contributed by atoms with Crippen molar-refractivity contribution in [3.8, 4) is 0 Å². The molecule has 0 aliphatic carbocycles. The Morgan fingerprint density at radius 2 is 2.00 bits per heavy atom. The third kappa shape index (κ3) is 3.09. The second kappa shape index (κ2) is 6.56. The van der Waals surface area contributed by atoms with Crippen LogP contribution in [0.1, 0.15) is 31.7 Å². The quantitative estimate of drug-likeness (QED) is 0.822. The summed E-state index contributed by atoms with van der Waals surface area (Å²) in [4.78, 5) is 2.53. The standard InChI is InChI=1S/C19H28N2O3S/c1-2-25(22,23)21-10-8-19(9-11-21)15-20(13-16-7-12-24-14-16)18-6-4-3-5-17(18)19/h3-6,16H,2,7-15H2,1H3/t16-/m1/s1. The first-order valence-corrected chi connectivity index (χ1v) is 11.0. The Morgan fingerprint density at radius 1 is 1.24 bits per heavy atom. The summed E-state index contributed by atoms with van der Waals surface area (Å²) >= 11 is 0. The van der Waals surface area contributed by atoms with E-state index >= 15 is 0 Å². The number of nitrogens with zero attached hydrogens (tertiary/aromatic N) is 2. The number of anilines is 1. The van der Waals surface area contributed by atoms with E-state index in [1.165, 1.54) is 11.3 Å². The minimum Gasteiger partial charge on any atom is -0.381 e. The molecule has 2 saturated heterocycles. The summed E-state index contributed by atoms with van der Waals surface area (Å²) in [7, 11) is -3.07. The number of rotatable bonds is 4. The number of ether oxygens (including phenoxy) is 1. The molecule has 1 atom stereocenters. The van der Waals surface area contributed by atoms with Crippen LogP contribution in [0.2, 0.25) is 0 Å². The smallest absolute Gasteiger partial charge is 0.213 e. The molecule has 1 aromatic rings. The molecule has 0 saturated carbocycles. The summed E-state index contributed by atoms with van der Waals surface area (Å²) in [6, 6.07) is 8.73. The lowest BCUT2D eigenvalue weighted by atomic mass is 9.75. The van der Waals surface area contributed by atoms with E-state index in [2.05, 4.69) is 29.2 Å². The summed E-state index contributed by atoms with van der Waals surface area (Å²) in [5.41, 5.74) is 2.87. The van der Waals surface area contributed by atoms with Crippen molar-refractivity contribution in [1.29, 1.82) is 0 Å². The molecule has 25 heavy (non-hydrogen) atoms. The van der Waals surface area contributed by atoms with Crippen LogP contribution in [0.15, 0.2) is 24.3 Å². The van der Waals surface area contributed by atoms with Crippen LogP contribution in [-0.2, 0) is 20.2 Å². The van der Waals surface area contributed by atoms with Crippen molar-refractivity contribution in [2.24, 2.45) is 5.92 Å². The maximum Gasteiger partial charge on any atom is 0.213 e. The predicted octanol–water partition coefficient (Wildman–Crippen LogP) is 2.23. The Kier molecular flexibility index (Phi) is 4.54. The van der Waals surface area contributed by atoms with Gasteiger partial charge >= 0.3 is 0 Å². The van der Waals surface area contributed by atoms with Crippen LogP contribution in [0.25, 0.3) is 0 Å². The van der Waals surface area contributed by atoms with Gasteiger partial charge in [-0.25, -0.2) is 12.7 Å². The van der Waals surface area contributed by atoms with E-state index in [0.29, 0.717) is 19.0 Å². The van der Waals surface area contributed by atoms with Gasteiger partial charge in [0.1, 0.15) is 0 Å². The van der Waals surface area contributed by atoms with Crippen LogP contribution >= 0.6 is 0 Å². The van der Waals surface area contributed by atoms with Gasteiger partial charge in [-0.2, -0.15) is 0 Å². The molecule has 0 amide bonds. The van der Waals surface area contributed by atoms with E-state index in [4.69, 9.17) is 4.74 Å². The van der Waals surface area contributed by atoms with Gasteiger partial charge in [-0.05, 0) is 37.8 Å². The Labute approximate surface area is 151 Å². The SMILES string of the molecule is CCS(=O)(=O)N1CCC2(CC1)CN(C[C@H]1CCOC1)c1ccccc12. The molecule has 6 heteroatoms. The topological polar surface area (TPSA) is 49.9 Å². The summed E-state index contributed by atoms with van der Waals surface area (Å²) < 4.78 is 31.6. The first-order chi connectivity index (χ1) is 12.0. The van der Waals surface area contributed by atoms with Crippen LogP contribution in [0.5, 0.6) is 0 Å². The highest BCUT2D eigenvalue weighted by Crippen LogP contribution is 2.47. The van der Waals surface area contributed by atoms with Gasteiger partial charge in [-0.3, -0.25) is 0 Å². The number of fused-ring (bicyclic) bond motifs is 2. The number of sulfonamides is 1. The van der Waals surface area contributed by atoms with Crippen molar-refractivity contribution in [1.82, 2.24) is 4.31 Å². The highest BCUT2D eigenvalue weighted by molar-refractivity contribution is 7.89. The fourth-order valence-electron chi connectivity index (χ4n) is 4.74. The molecule has 4 rings (SSSR count). The van der Waals surface area contributed by atoms with Crippen molar-refractivity contribution in [3.05, 3.63) is 29.8 Å². The number of para-hydroxylation sites is 1. The van der Waals surface area contributed by atoms with Gasteiger partial charge in [0.2, 0.25) is 10.0 Å². The van der Waals surface area contributed by atoms with E-state index in [9.17, 15) is 8.42 Å². The Bertz CT molecular complexity index is 720. The molecule has 138 valence electrons. The van der Waals surface area contributed by atoms with E-state index in [1.807, 2.05) is 0 Å². The maximum atomic E-state index is 12.2. The van der Waals surface area contributed by atoms with Crippen LogP contribution in [0.4, 0.5) is 5.69 Å². The molecule has 0 bridgehead atoms. The highest BCUT2D eigenvalue weighted by Gasteiger charge is 2.46. The molecule has 0 N–H and O–H groups in total. The fourth-order valence-corrected chi connectivity index (χ4v) is 5.84. The van der Waals surface area contributed by atoms with Crippen LogP contribution in [0.3, 0.4) is 0 Å². The maximum absolute atomic E-state index is 12.2. The van der Waals surface area contributed by atoms with Crippen LogP contribution in [0, 0.1) is 5.92 Å². The second-order valence-corrected chi connectivity index (χ2v) is 9.96. The third-order valence-electron chi connectivity index (χ3n) is 6.25. The molecular formula is C19H28N2O3S. The summed E-state index contributed by atoms with van der Waals surface area (Å²) in [5.74, 6) is 0.813. The van der Waals surface area contributed by atoms with Crippen molar-refractivity contribution in [2.75, 3.05) is 50.0 Å².